The summed E-state index contributed by atoms with van der Waals surface area (Å²) in [6, 6.07) is 63.5. The molecule has 8 rings (SSSR count). The van der Waals surface area contributed by atoms with Gasteiger partial charge in [0.25, 0.3) is 0 Å². The molecule has 0 fully saturated rings. The molecule has 2 heteroatoms. The lowest BCUT2D eigenvalue weighted by Gasteiger charge is -2.35. The molecule has 0 saturated carbocycles. The van der Waals surface area contributed by atoms with Crippen molar-refractivity contribution in [2.45, 2.75) is 26.3 Å². The quantitative estimate of drug-likeness (QED) is 0.141. The molecule has 0 aromatic heterocycles. The van der Waals surface area contributed by atoms with E-state index in [0.29, 0.717) is 0 Å². The van der Waals surface area contributed by atoms with Crippen molar-refractivity contribution in [1.82, 2.24) is 0 Å². The van der Waals surface area contributed by atoms with Crippen LogP contribution in [-0.2, 0) is 6.42 Å². The van der Waals surface area contributed by atoms with Gasteiger partial charge >= 0.3 is 0 Å². The van der Waals surface area contributed by atoms with E-state index in [1.807, 2.05) is 0 Å². The summed E-state index contributed by atoms with van der Waals surface area (Å²) < 4.78 is 0. The molecule has 0 aliphatic heterocycles. The van der Waals surface area contributed by atoms with Crippen molar-refractivity contribution in [3.8, 4) is 11.1 Å². The van der Waals surface area contributed by atoms with Crippen molar-refractivity contribution >= 4 is 46.7 Å². The molecule has 7 aromatic carbocycles. The van der Waals surface area contributed by atoms with Crippen LogP contribution in [0.5, 0.6) is 0 Å². The predicted octanol–water partition coefficient (Wildman–Crippen LogP) is 13.4. The molecule has 52 heavy (non-hydrogen) atoms. The van der Waals surface area contributed by atoms with Gasteiger partial charge in [0.1, 0.15) is 0 Å². The van der Waals surface area contributed by atoms with Crippen LogP contribution in [0.4, 0.5) is 28.4 Å². The van der Waals surface area contributed by atoms with Gasteiger partial charge in [0.15, 0.2) is 0 Å². The Morgan fingerprint density at radius 1 is 0.462 bits per heavy atom. The number of nitrogens with zero attached hydrogens (tertiary/aromatic N) is 2. The van der Waals surface area contributed by atoms with Crippen LogP contribution in [0.1, 0.15) is 33.4 Å². The first-order valence-electron chi connectivity index (χ1n) is 18.1. The summed E-state index contributed by atoms with van der Waals surface area (Å²) in [7, 11) is 0. The van der Waals surface area contributed by atoms with Crippen molar-refractivity contribution in [3.63, 3.8) is 0 Å². The summed E-state index contributed by atoms with van der Waals surface area (Å²) in [5.41, 5.74) is 15.9. The van der Waals surface area contributed by atoms with Crippen molar-refractivity contribution in [2.24, 2.45) is 0 Å². The molecule has 0 spiro atoms. The molecule has 7 aromatic rings. The Bertz CT molecular complexity index is 2260. The minimum Gasteiger partial charge on any atom is -0.334 e. The molecule has 1 atom stereocenters. The maximum Gasteiger partial charge on any atom is 0.0566 e. The highest BCUT2D eigenvalue weighted by Gasteiger charge is 2.23. The standard InChI is InChI=1S/C50H42N2/c1-37-33-38(2)35-50(34-37)52(49-32-27-41-11-9-10-12-44(41)36-49)48-30-25-43(26-31-48)42-23-19-39(20-24-42)17-18-40-21-28-47(29-22-40)51(45-13-5-3-6-14-45)46-15-7-4-8-16-46/h3-35,49H,36H2,1-2H3/b18-17+. The first kappa shape index (κ1) is 32.8. The Balaban J connectivity index is 0.991. The van der Waals surface area contributed by atoms with Gasteiger partial charge in [-0.05, 0) is 125 Å². The van der Waals surface area contributed by atoms with E-state index in [-0.39, 0.29) is 6.04 Å². The maximum atomic E-state index is 2.50. The molecule has 2 nitrogen and oxygen atoms in total. The van der Waals surface area contributed by atoms with Crippen LogP contribution in [0.25, 0.3) is 29.4 Å². The number of fused-ring (bicyclic) bond motifs is 1. The van der Waals surface area contributed by atoms with E-state index in [9.17, 15) is 0 Å². The number of benzene rings is 7. The molecule has 0 saturated heterocycles. The lowest BCUT2D eigenvalue weighted by atomic mass is 9.92. The minimum absolute atomic E-state index is 0.232. The van der Waals surface area contributed by atoms with Gasteiger partial charge in [-0.2, -0.15) is 0 Å². The monoisotopic (exact) mass is 670 g/mol. The zero-order valence-corrected chi connectivity index (χ0v) is 29.7. The van der Waals surface area contributed by atoms with E-state index in [1.54, 1.807) is 0 Å². The summed E-state index contributed by atoms with van der Waals surface area (Å²) in [6.07, 6.45) is 9.98. The molecule has 1 unspecified atom stereocenters. The van der Waals surface area contributed by atoms with E-state index in [1.165, 1.54) is 50.3 Å². The lowest BCUT2D eigenvalue weighted by Crippen LogP contribution is -2.33. The third kappa shape index (κ3) is 7.24. The Labute approximate surface area is 308 Å². The van der Waals surface area contributed by atoms with E-state index < -0.39 is 0 Å². The summed E-state index contributed by atoms with van der Waals surface area (Å²) in [4.78, 5) is 4.78. The predicted molar refractivity (Wildman–Crippen MR) is 223 cm³/mol. The lowest BCUT2D eigenvalue weighted by molar-refractivity contribution is 0.766. The Kier molecular flexibility index (Phi) is 9.37. The summed E-state index contributed by atoms with van der Waals surface area (Å²) in [5, 5.41) is 0. The van der Waals surface area contributed by atoms with Gasteiger partial charge < -0.3 is 9.80 Å². The number of anilines is 5. The second-order valence-corrected chi connectivity index (χ2v) is 13.6. The van der Waals surface area contributed by atoms with Crippen LogP contribution < -0.4 is 9.80 Å². The molecule has 0 N–H and O–H groups in total. The third-order valence-electron chi connectivity index (χ3n) is 9.84. The van der Waals surface area contributed by atoms with Gasteiger partial charge in [-0.15, -0.1) is 0 Å². The summed E-state index contributed by atoms with van der Waals surface area (Å²) >= 11 is 0. The molecular formula is C50H42N2. The van der Waals surface area contributed by atoms with Gasteiger partial charge in [-0.1, -0.05) is 140 Å². The van der Waals surface area contributed by atoms with Crippen molar-refractivity contribution < 1.29 is 0 Å². The zero-order chi connectivity index (χ0) is 35.3. The molecule has 0 radical (unpaired) electrons. The summed E-state index contributed by atoms with van der Waals surface area (Å²) in [6.45, 7) is 4.37. The second-order valence-electron chi connectivity index (χ2n) is 13.6. The fourth-order valence-electron chi connectivity index (χ4n) is 7.32. The van der Waals surface area contributed by atoms with Crippen molar-refractivity contribution in [2.75, 3.05) is 9.80 Å². The van der Waals surface area contributed by atoms with Gasteiger partial charge in [-0.25, -0.2) is 0 Å². The molecule has 0 heterocycles. The Morgan fingerprint density at radius 3 is 1.54 bits per heavy atom. The van der Waals surface area contributed by atoms with E-state index in [4.69, 9.17) is 0 Å². The van der Waals surface area contributed by atoms with Gasteiger partial charge in [0.05, 0.1) is 6.04 Å². The van der Waals surface area contributed by atoms with Gasteiger partial charge in [0, 0.05) is 28.4 Å². The molecule has 0 amide bonds. The number of aryl methyl sites for hydroxylation is 2. The smallest absolute Gasteiger partial charge is 0.0566 e. The van der Waals surface area contributed by atoms with Crippen molar-refractivity contribution in [3.05, 3.63) is 215 Å². The average Bonchev–Trinajstić information content (AvgIpc) is 3.19. The number of hydrogen-bond donors (Lipinski definition) is 0. The van der Waals surface area contributed by atoms with Gasteiger partial charge in [-0.3, -0.25) is 0 Å². The molecule has 1 aliphatic carbocycles. The number of hydrogen-bond acceptors (Lipinski definition) is 2. The van der Waals surface area contributed by atoms with E-state index >= 15 is 0 Å². The van der Waals surface area contributed by atoms with Crippen LogP contribution in [0.15, 0.2) is 182 Å². The highest BCUT2D eigenvalue weighted by Crippen LogP contribution is 2.36. The third-order valence-corrected chi connectivity index (χ3v) is 9.84. The van der Waals surface area contributed by atoms with Crippen LogP contribution in [-0.4, -0.2) is 6.04 Å². The maximum absolute atomic E-state index is 2.50. The van der Waals surface area contributed by atoms with Crippen molar-refractivity contribution in [1.29, 1.82) is 0 Å². The topological polar surface area (TPSA) is 6.48 Å². The zero-order valence-electron chi connectivity index (χ0n) is 29.7. The van der Waals surface area contributed by atoms with Crippen LogP contribution in [0.3, 0.4) is 0 Å². The SMILES string of the molecule is Cc1cc(C)cc(N(c2ccc(-c3ccc(/C=C/c4ccc(N(c5ccccc5)c5ccccc5)cc4)cc3)cc2)C2C=Cc3ccccc3C2)c1. The Hall–Kier alpha value is -6.38. The first-order valence-corrected chi connectivity index (χ1v) is 18.1. The fourth-order valence-corrected chi connectivity index (χ4v) is 7.32. The van der Waals surface area contributed by atoms with Crippen LogP contribution in [0, 0.1) is 13.8 Å². The summed E-state index contributed by atoms with van der Waals surface area (Å²) in [5.74, 6) is 0. The number of para-hydroxylation sites is 2. The Morgan fingerprint density at radius 2 is 0.942 bits per heavy atom. The number of rotatable bonds is 9. The second kappa shape index (κ2) is 14.8. The highest BCUT2D eigenvalue weighted by molar-refractivity contribution is 5.79. The first-order chi connectivity index (χ1) is 25.6. The molecule has 252 valence electrons. The molecular weight excluding hydrogens is 629 g/mol. The van der Waals surface area contributed by atoms with Crippen LogP contribution in [0.2, 0.25) is 0 Å². The molecule has 1 aliphatic rings. The highest BCUT2D eigenvalue weighted by atomic mass is 15.2. The minimum atomic E-state index is 0.232. The van der Waals surface area contributed by atoms with E-state index in [0.717, 1.165) is 29.0 Å². The largest absolute Gasteiger partial charge is 0.334 e. The van der Waals surface area contributed by atoms with E-state index in [2.05, 4.69) is 224 Å². The fraction of sp³-hybridized carbons (Fsp3) is 0.0800. The van der Waals surface area contributed by atoms with Crippen LogP contribution >= 0.6 is 0 Å². The molecule has 0 bridgehead atoms. The normalized spacial score (nSPS) is 13.5. The average molecular weight is 671 g/mol. The van der Waals surface area contributed by atoms with Gasteiger partial charge in [0.2, 0.25) is 0 Å².